The molecule has 1 fully saturated rings. The molecule has 3 aliphatic rings. The first-order valence-electron chi connectivity index (χ1n) is 12.4. The zero-order valence-electron chi connectivity index (χ0n) is 19.6. The minimum absolute atomic E-state index is 0.0134. The molecule has 2 atom stereocenters. The molecule has 35 heavy (non-hydrogen) atoms. The van der Waals surface area contributed by atoms with Crippen molar-refractivity contribution in [2.75, 3.05) is 19.7 Å². The quantitative estimate of drug-likeness (QED) is 0.673. The van der Waals surface area contributed by atoms with Gasteiger partial charge in [-0.05, 0) is 41.5 Å². The fourth-order valence-electron chi connectivity index (χ4n) is 5.69. The van der Waals surface area contributed by atoms with Crippen molar-refractivity contribution in [3.05, 3.63) is 71.3 Å². The van der Waals surface area contributed by atoms with Crippen LogP contribution in [0.25, 0.3) is 11.1 Å². The molecular weight excluding hydrogens is 444 g/mol. The van der Waals surface area contributed by atoms with E-state index in [1.165, 1.54) is 11.1 Å². The third-order valence-electron chi connectivity index (χ3n) is 7.53. The zero-order valence-corrected chi connectivity index (χ0v) is 19.6. The van der Waals surface area contributed by atoms with E-state index in [2.05, 4.69) is 29.6 Å². The first kappa shape index (κ1) is 23.1. The highest BCUT2D eigenvalue weighted by atomic mass is 16.5. The molecule has 0 saturated heterocycles. The number of nitrogens with one attached hydrogen (secondary N) is 1. The Balaban J connectivity index is 1.22. The van der Waals surface area contributed by atoms with Gasteiger partial charge in [0.2, 0.25) is 5.91 Å². The lowest BCUT2D eigenvalue weighted by Gasteiger charge is -2.35. The van der Waals surface area contributed by atoms with Gasteiger partial charge in [0.15, 0.2) is 0 Å². The van der Waals surface area contributed by atoms with E-state index >= 15 is 0 Å². The fraction of sp³-hybridized carbons (Fsp3) is 0.393. The van der Waals surface area contributed by atoms with Crippen LogP contribution in [0.2, 0.25) is 0 Å². The van der Waals surface area contributed by atoms with Gasteiger partial charge in [0.25, 0.3) is 0 Å². The van der Waals surface area contributed by atoms with Crippen molar-refractivity contribution >= 4 is 18.0 Å². The van der Waals surface area contributed by atoms with E-state index in [4.69, 9.17) is 9.84 Å². The van der Waals surface area contributed by atoms with Crippen molar-refractivity contribution in [2.24, 2.45) is 5.92 Å². The predicted molar refractivity (Wildman–Crippen MR) is 131 cm³/mol. The Labute approximate surface area is 204 Å². The van der Waals surface area contributed by atoms with Crippen LogP contribution < -0.4 is 5.32 Å². The number of hydrogen-bond acceptors (Lipinski definition) is 4. The number of carboxylic acids is 1. The topological polar surface area (TPSA) is 95.9 Å². The van der Waals surface area contributed by atoms with Crippen LogP contribution in [-0.2, 0) is 14.3 Å². The highest BCUT2D eigenvalue weighted by Crippen LogP contribution is 2.44. The highest BCUT2D eigenvalue weighted by Gasteiger charge is 2.36. The first-order valence-corrected chi connectivity index (χ1v) is 12.4. The van der Waals surface area contributed by atoms with Gasteiger partial charge in [0.1, 0.15) is 6.61 Å². The summed E-state index contributed by atoms with van der Waals surface area (Å²) < 4.78 is 5.71. The number of carbonyl (C=O) groups excluding carboxylic acids is 2. The van der Waals surface area contributed by atoms with E-state index in [1.54, 1.807) is 11.0 Å². The molecule has 1 heterocycles. The molecule has 2 aliphatic carbocycles. The van der Waals surface area contributed by atoms with Gasteiger partial charge in [-0.3, -0.25) is 4.79 Å². The Morgan fingerprint density at radius 1 is 0.971 bits per heavy atom. The maximum absolute atomic E-state index is 13.2. The summed E-state index contributed by atoms with van der Waals surface area (Å²) in [6.45, 7) is 0.930. The van der Waals surface area contributed by atoms with E-state index in [0.717, 1.165) is 30.4 Å². The van der Waals surface area contributed by atoms with Crippen LogP contribution in [0.3, 0.4) is 0 Å². The standard InChI is InChI=1S/C28H30N2O5/c31-26(30-15-13-18(14-16-30)27(32)33)23-11-5-6-12-25(23)29-28(34)35-17-24-21-9-3-1-7-19(21)20-8-2-4-10-22(20)24/h1-4,7-10,13,23-25H,5-6,11-12,14-17H2,(H,29,34)(H,32,33)/t23-,25+/m1/s1. The van der Waals surface area contributed by atoms with Crippen molar-refractivity contribution in [3.63, 3.8) is 0 Å². The summed E-state index contributed by atoms with van der Waals surface area (Å²) in [5.74, 6) is -1.27. The summed E-state index contributed by atoms with van der Waals surface area (Å²) in [6, 6.07) is 16.1. The SMILES string of the molecule is O=C(N[C@H]1CCCC[C@H]1C(=O)N1CC=C(C(=O)O)CC1)OCC1c2ccccc2-c2ccccc21. The lowest BCUT2D eigenvalue weighted by molar-refractivity contribution is -0.138. The van der Waals surface area contributed by atoms with Crippen LogP contribution in [-0.4, -0.2) is 53.7 Å². The van der Waals surface area contributed by atoms with Gasteiger partial charge in [-0.1, -0.05) is 67.4 Å². The number of carbonyl (C=O) groups is 3. The summed E-state index contributed by atoms with van der Waals surface area (Å²) in [6.07, 6.45) is 4.77. The predicted octanol–water partition coefficient (Wildman–Crippen LogP) is 4.33. The van der Waals surface area contributed by atoms with Crippen LogP contribution >= 0.6 is 0 Å². The zero-order chi connectivity index (χ0) is 24.4. The number of alkyl carbamates (subject to hydrolysis) is 1. The smallest absolute Gasteiger partial charge is 0.407 e. The van der Waals surface area contributed by atoms with Crippen molar-refractivity contribution < 1.29 is 24.2 Å². The van der Waals surface area contributed by atoms with E-state index < -0.39 is 12.1 Å². The second kappa shape index (κ2) is 9.94. The lowest BCUT2D eigenvalue weighted by atomic mass is 9.83. The lowest BCUT2D eigenvalue weighted by Crippen LogP contribution is -2.50. The van der Waals surface area contributed by atoms with E-state index in [1.807, 2.05) is 24.3 Å². The molecule has 182 valence electrons. The largest absolute Gasteiger partial charge is 0.478 e. The molecule has 7 nitrogen and oxygen atoms in total. The van der Waals surface area contributed by atoms with E-state index in [0.29, 0.717) is 31.5 Å². The van der Waals surface area contributed by atoms with Gasteiger partial charge in [-0.2, -0.15) is 0 Å². The molecule has 1 aliphatic heterocycles. The number of hydrogen-bond donors (Lipinski definition) is 2. The number of fused-ring (bicyclic) bond motifs is 3. The van der Waals surface area contributed by atoms with Crippen LogP contribution in [0.15, 0.2) is 60.2 Å². The second-order valence-corrected chi connectivity index (χ2v) is 9.54. The molecule has 0 bridgehead atoms. The molecule has 5 rings (SSSR count). The Bertz CT molecular complexity index is 1130. The van der Waals surface area contributed by atoms with Crippen LogP contribution in [0.5, 0.6) is 0 Å². The van der Waals surface area contributed by atoms with Crippen molar-refractivity contribution in [2.45, 2.75) is 44.1 Å². The molecule has 2 aromatic rings. The van der Waals surface area contributed by atoms with Gasteiger partial charge < -0.3 is 20.1 Å². The summed E-state index contributed by atoms with van der Waals surface area (Å²) in [7, 11) is 0. The summed E-state index contributed by atoms with van der Waals surface area (Å²) in [5, 5.41) is 12.1. The second-order valence-electron chi connectivity index (χ2n) is 9.54. The Morgan fingerprint density at radius 2 is 1.63 bits per heavy atom. The molecule has 0 radical (unpaired) electrons. The first-order chi connectivity index (χ1) is 17.0. The average molecular weight is 475 g/mol. The van der Waals surface area contributed by atoms with Crippen LogP contribution in [0, 0.1) is 5.92 Å². The summed E-state index contributed by atoms with van der Waals surface area (Å²) in [4.78, 5) is 38.9. The van der Waals surface area contributed by atoms with Gasteiger partial charge in [-0.25, -0.2) is 9.59 Å². The Morgan fingerprint density at radius 3 is 2.26 bits per heavy atom. The van der Waals surface area contributed by atoms with E-state index in [-0.39, 0.29) is 30.4 Å². The van der Waals surface area contributed by atoms with Crippen molar-refractivity contribution in [1.29, 1.82) is 0 Å². The van der Waals surface area contributed by atoms with Gasteiger partial charge in [-0.15, -0.1) is 0 Å². The van der Waals surface area contributed by atoms with Gasteiger partial charge in [0.05, 0.1) is 5.92 Å². The van der Waals surface area contributed by atoms with E-state index in [9.17, 15) is 14.4 Å². The van der Waals surface area contributed by atoms with Crippen molar-refractivity contribution in [1.82, 2.24) is 10.2 Å². The average Bonchev–Trinajstić information content (AvgIpc) is 3.21. The minimum Gasteiger partial charge on any atom is -0.478 e. The fourth-order valence-corrected chi connectivity index (χ4v) is 5.69. The third-order valence-corrected chi connectivity index (χ3v) is 7.53. The number of aliphatic carboxylic acids is 1. The summed E-state index contributed by atoms with van der Waals surface area (Å²) >= 11 is 0. The molecule has 2 aromatic carbocycles. The van der Waals surface area contributed by atoms with Crippen LogP contribution in [0.4, 0.5) is 4.79 Å². The molecule has 7 heteroatoms. The van der Waals surface area contributed by atoms with Crippen LogP contribution in [0.1, 0.15) is 49.1 Å². The number of rotatable bonds is 5. The number of ether oxygens (including phenoxy) is 1. The Hall–Kier alpha value is -3.61. The maximum Gasteiger partial charge on any atom is 0.407 e. The van der Waals surface area contributed by atoms with Gasteiger partial charge >= 0.3 is 12.1 Å². The van der Waals surface area contributed by atoms with Crippen molar-refractivity contribution in [3.8, 4) is 11.1 Å². The molecule has 0 unspecified atom stereocenters. The highest BCUT2D eigenvalue weighted by molar-refractivity contribution is 5.88. The number of benzene rings is 2. The number of carboxylic acid groups (broad SMARTS) is 1. The summed E-state index contributed by atoms with van der Waals surface area (Å²) in [5.41, 5.74) is 5.02. The molecule has 0 spiro atoms. The number of nitrogens with zero attached hydrogens (tertiary/aromatic N) is 1. The van der Waals surface area contributed by atoms with Gasteiger partial charge in [0, 0.05) is 30.6 Å². The minimum atomic E-state index is -0.926. The molecule has 2 N–H and O–H groups in total. The third kappa shape index (κ3) is 4.67. The maximum atomic E-state index is 13.2. The molecule has 0 aromatic heterocycles. The monoisotopic (exact) mass is 474 g/mol. The Kier molecular flexibility index (Phi) is 6.57. The molecule has 2 amide bonds. The molecular formula is C28H30N2O5. The number of amides is 2. The normalized spacial score (nSPS) is 21.5. The molecule has 1 saturated carbocycles.